The molecule has 8 heteroatoms. The van der Waals surface area contributed by atoms with E-state index in [1.807, 2.05) is 26.0 Å². The van der Waals surface area contributed by atoms with Crippen molar-refractivity contribution in [2.24, 2.45) is 5.73 Å². The number of rotatable bonds is 5. The van der Waals surface area contributed by atoms with Gasteiger partial charge in [0.05, 0.1) is 18.9 Å². The Labute approximate surface area is 156 Å². The predicted octanol–water partition coefficient (Wildman–Crippen LogP) is -2.37. The van der Waals surface area contributed by atoms with Crippen molar-refractivity contribution in [3.8, 4) is 17.6 Å². The first-order valence-corrected chi connectivity index (χ1v) is 8.29. The van der Waals surface area contributed by atoms with Crippen molar-refractivity contribution in [3.05, 3.63) is 28.2 Å². The quantitative estimate of drug-likeness (QED) is 0.283. The standard InChI is InChI=1S/C16H20N4O2S.BrH/c1-3-21-12-7-10-5-6-20-15(14(9-17)23-16(18)19)11(10)8-13(12)22-4-2;/h7-8,20H,3-6H2,1-2H3,(H3,18,19);1H/b15-14+;. The van der Waals surface area contributed by atoms with E-state index in [1.54, 1.807) is 0 Å². The Hall–Kier alpha value is -1.85. The second kappa shape index (κ2) is 9.45. The Morgan fingerprint density at radius 1 is 1.33 bits per heavy atom. The number of nitrogens with two attached hydrogens (primary N) is 2. The van der Waals surface area contributed by atoms with E-state index in [4.69, 9.17) is 20.6 Å². The monoisotopic (exact) mass is 412 g/mol. The summed E-state index contributed by atoms with van der Waals surface area (Å²) in [4.78, 5) is 0.442. The van der Waals surface area contributed by atoms with Crippen LogP contribution in [0.1, 0.15) is 25.0 Å². The number of allylic oxidation sites excluding steroid dienone is 1. The Morgan fingerprint density at radius 3 is 2.50 bits per heavy atom. The molecule has 2 rings (SSSR count). The maximum atomic E-state index is 9.42. The van der Waals surface area contributed by atoms with Crippen LogP contribution in [0.15, 0.2) is 17.0 Å². The number of hydrogen-bond acceptors (Lipinski definition) is 5. The first kappa shape index (κ1) is 20.2. The van der Waals surface area contributed by atoms with E-state index in [0.717, 1.165) is 47.3 Å². The molecule has 6 nitrogen and oxygen atoms in total. The second-order valence-electron chi connectivity index (χ2n) is 4.82. The summed E-state index contributed by atoms with van der Waals surface area (Å²) in [5.41, 5.74) is 8.30. The molecule has 0 bridgehead atoms. The minimum Gasteiger partial charge on any atom is -1.00 e. The van der Waals surface area contributed by atoms with Crippen LogP contribution in [-0.2, 0) is 6.42 Å². The molecule has 0 spiro atoms. The number of fused-ring (bicyclic) bond motifs is 1. The maximum absolute atomic E-state index is 9.42. The van der Waals surface area contributed by atoms with E-state index in [0.29, 0.717) is 23.9 Å². The Balaban J connectivity index is 0.00000288. The number of ether oxygens (including phenoxy) is 2. The number of hydrogen-bond donors (Lipinski definition) is 3. The van der Waals surface area contributed by atoms with Gasteiger partial charge in [0.1, 0.15) is 11.0 Å². The summed E-state index contributed by atoms with van der Waals surface area (Å²) >= 11 is 1.06. The fraction of sp³-hybridized carbons (Fsp3) is 0.375. The summed E-state index contributed by atoms with van der Waals surface area (Å²) in [7, 11) is 0. The molecule has 0 amide bonds. The third kappa shape index (κ3) is 4.58. The van der Waals surface area contributed by atoms with E-state index in [2.05, 4.69) is 11.4 Å². The zero-order valence-electron chi connectivity index (χ0n) is 13.7. The molecule has 1 aromatic carbocycles. The lowest BCUT2D eigenvalue weighted by molar-refractivity contribution is -0.110. The summed E-state index contributed by atoms with van der Waals surface area (Å²) in [6, 6.07) is 6.06. The van der Waals surface area contributed by atoms with Gasteiger partial charge in [-0.1, -0.05) is 0 Å². The number of benzene rings is 1. The lowest BCUT2D eigenvalue weighted by atomic mass is 9.97. The molecule has 5 N–H and O–H groups in total. The summed E-state index contributed by atoms with van der Waals surface area (Å²) < 4.78 is 11.3. The molecule has 1 heterocycles. The molecule has 0 radical (unpaired) electrons. The van der Waals surface area contributed by atoms with Gasteiger partial charge in [-0.2, -0.15) is 5.26 Å². The first-order chi connectivity index (χ1) is 11.1. The lowest BCUT2D eigenvalue weighted by Gasteiger charge is -2.24. The van der Waals surface area contributed by atoms with Gasteiger partial charge in [-0.05, 0) is 38.0 Å². The van der Waals surface area contributed by atoms with E-state index in [9.17, 15) is 5.26 Å². The molecule has 0 unspecified atom stereocenters. The minimum absolute atomic E-state index is 0. The molecular formula is C16H21BrN4O2S. The molecule has 1 aliphatic heterocycles. The van der Waals surface area contributed by atoms with Crippen LogP contribution < -0.4 is 42.9 Å². The third-order valence-electron chi connectivity index (χ3n) is 3.28. The highest BCUT2D eigenvalue weighted by atomic mass is 79.9. The lowest BCUT2D eigenvalue weighted by Crippen LogP contribution is -3.00. The molecular weight excluding hydrogens is 392 g/mol. The normalized spacial score (nSPS) is 14.4. The third-order valence-corrected chi connectivity index (χ3v) is 4.02. The number of halogens is 1. The van der Waals surface area contributed by atoms with Crippen molar-refractivity contribution >= 4 is 22.6 Å². The van der Waals surface area contributed by atoms with Crippen molar-refractivity contribution in [2.45, 2.75) is 20.3 Å². The van der Waals surface area contributed by atoms with Crippen molar-refractivity contribution in [1.82, 2.24) is 5.32 Å². The van der Waals surface area contributed by atoms with Crippen LogP contribution in [0.2, 0.25) is 0 Å². The van der Waals surface area contributed by atoms with Crippen molar-refractivity contribution in [3.63, 3.8) is 0 Å². The smallest absolute Gasteiger partial charge is 0.305 e. The molecule has 1 aliphatic rings. The van der Waals surface area contributed by atoms with Gasteiger partial charge < -0.3 is 31.8 Å². The van der Waals surface area contributed by atoms with Crippen LogP contribution in [0, 0.1) is 11.3 Å². The fourth-order valence-electron chi connectivity index (χ4n) is 2.45. The van der Waals surface area contributed by atoms with Crippen LogP contribution >= 0.6 is 11.8 Å². The van der Waals surface area contributed by atoms with E-state index < -0.39 is 0 Å². The van der Waals surface area contributed by atoms with E-state index in [1.165, 1.54) is 0 Å². The van der Waals surface area contributed by atoms with E-state index in [-0.39, 0.29) is 22.1 Å². The average Bonchev–Trinajstić information content (AvgIpc) is 2.53. The number of amidine groups is 1. The van der Waals surface area contributed by atoms with Gasteiger partial charge in [-0.15, -0.1) is 0 Å². The van der Waals surface area contributed by atoms with Gasteiger partial charge in [-0.3, -0.25) is 11.1 Å². The molecule has 130 valence electrons. The van der Waals surface area contributed by atoms with Gasteiger partial charge in [0.15, 0.2) is 11.5 Å². The molecule has 1 aromatic rings. The van der Waals surface area contributed by atoms with Gasteiger partial charge in [0, 0.05) is 23.9 Å². The van der Waals surface area contributed by atoms with Crippen LogP contribution in [0.4, 0.5) is 0 Å². The second-order valence-corrected chi connectivity index (χ2v) is 5.90. The Kier molecular flexibility index (Phi) is 7.95. The van der Waals surface area contributed by atoms with Gasteiger partial charge in [0.2, 0.25) is 0 Å². The highest BCUT2D eigenvalue weighted by Crippen LogP contribution is 2.37. The molecule has 0 fully saturated rings. The summed E-state index contributed by atoms with van der Waals surface area (Å²) in [6.45, 7) is 5.70. The Morgan fingerprint density at radius 2 is 1.96 bits per heavy atom. The van der Waals surface area contributed by atoms with Crippen molar-refractivity contribution in [1.29, 1.82) is 5.26 Å². The van der Waals surface area contributed by atoms with Gasteiger partial charge in [-0.25, -0.2) is 0 Å². The first-order valence-electron chi connectivity index (χ1n) is 7.47. The number of nitrogens with zero attached hydrogens (tertiary/aromatic N) is 1. The molecule has 0 saturated carbocycles. The maximum Gasteiger partial charge on any atom is 0.305 e. The summed E-state index contributed by atoms with van der Waals surface area (Å²) in [6.07, 6.45) is 0.844. The predicted molar refractivity (Wildman–Crippen MR) is 91.7 cm³/mol. The minimum atomic E-state index is 0. The molecule has 0 saturated heterocycles. The van der Waals surface area contributed by atoms with E-state index >= 15 is 0 Å². The SMILES string of the molecule is CCOc1cc2c(cc1OCC)/C(=C(/C#N)SC(N)=[NH2+])NCC2.[Br-]. The molecule has 0 aliphatic carbocycles. The largest absolute Gasteiger partial charge is 1.00 e. The summed E-state index contributed by atoms with van der Waals surface area (Å²) in [5, 5.41) is 18.4. The Bertz CT molecular complexity index is 685. The van der Waals surface area contributed by atoms with Crippen LogP contribution in [0.25, 0.3) is 5.70 Å². The average molecular weight is 413 g/mol. The topological polar surface area (TPSA) is 106 Å². The fourth-order valence-corrected chi connectivity index (χ4v) is 3.01. The highest BCUT2D eigenvalue weighted by Gasteiger charge is 2.22. The highest BCUT2D eigenvalue weighted by molar-refractivity contribution is 8.17. The van der Waals surface area contributed by atoms with Gasteiger partial charge in [0.25, 0.3) is 0 Å². The van der Waals surface area contributed by atoms with Crippen molar-refractivity contribution < 1.29 is 31.9 Å². The zero-order chi connectivity index (χ0) is 16.8. The number of nitrogens with one attached hydrogen (secondary N) is 1. The van der Waals surface area contributed by atoms with Crippen LogP contribution in [-0.4, -0.2) is 24.9 Å². The van der Waals surface area contributed by atoms with Gasteiger partial charge >= 0.3 is 5.17 Å². The molecule has 0 aromatic heterocycles. The molecule has 0 atom stereocenters. The van der Waals surface area contributed by atoms with Crippen molar-refractivity contribution in [2.75, 3.05) is 19.8 Å². The number of nitriles is 1. The van der Waals surface area contributed by atoms with Crippen LogP contribution in [0.5, 0.6) is 11.5 Å². The summed E-state index contributed by atoms with van der Waals surface area (Å²) in [5.74, 6) is 1.40. The van der Waals surface area contributed by atoms with Crippen LogP contribution in [0.3, 0.4) is 0 Å². The molecule has 24 heavy (non-hydrogen) atoms. The zero-order valence-corrected chi connectivity index (χ0v) is 16.1. The number of thioether (sulfide) groups is 1.